The first-order valence-corrected chi connectivity index (χ1v) is 6.44. The van der Waals surface area contributed by atoms with Gasteiger partial charge in [0.05, 0.1) is 17.4 Å². The standard InChI is InChI=1S/C15H14N4O2/c1-18-9-13(11-5-3-4-6-12(11)15(18)21)14(20)17-10-7-16-19(2)8-10/h3-9H,1-2H3,(H,17,20). The summed E-state index contributed by atoms with van der Waals surface area (Å²) >= 11 is 0. The van der Waals surface area contributed by atoms with E-state index in [0.717, 1.165) is 0 Å². The minimum Gasteiger partial charge on any atom is -0.319 e. The number of rotatable bonds is 2. The average Bonchev–Trinajstić information content (AvgIpc) is 2.88. The second kappa shape index (κ2) is 4.90. The Labute approximate surface area is 120 Å². The maximum Gasteiger partial charge on any atom is 0.258 e. The van der Waals surface area contributed by atoms with Crippen LogP contribution in [-0.2, 0) is 14.1 Å². The molecule has 0 fully saturated rings. The molecule has 0 aliphatic heterocycles. The van der Waals surface area contributed by atoms with Crippen molar-refractivity contribution in [1.82, 2.24) is 14.3 Å². The van der Waals surface area contributed by atoms with Gasteiger partial charge in [-0.3, -0.25) is 14.3 Å². The maximum atomic E-state index is 12.4. The largest absolute Gasteiger partial charge is 0.319 e. The van der Waals surface area contributed by atoms with Crippen LogP contribution in [0, 0.1) is 0 Å². The van der Waals surface area contributed by atoms with Gasteiger partial charge in [0.1, 0.15) is 0 Å². The highest BCUT2D eigenvalue weighted by Crippen LogP contribution is 2.16. The van der Waals surface area contributed by atoms with Gasteiger partial charge in [-0.15, -0.1) is 0 Å². The molecule has 6 heteroatoms. The summed E-state index contributed by atoms with van der Waals surface area (Å²) in [6.45, 7) is 0. The summed E-state index contributed by atoms with van der Waals surface area (Å²) in [6.07, 6.45) is 4.83. The topological polar surface area (TPSA) is 68.9 Å². The Balaban J connectivity index is 2.09. The molecule has 1 amide bonds. The number of amides is 1. The van der Waals surface area contributed by atoms with Gasteiger partial charge < -0.3 is 9.88 Å². The zero-order valence-electron chi connectivity index (χ0n) is 11.7. The van der Waals surface area contributed by atoms with Gasteiger partial charge >= 0.3 is 0 Å². The van der Waals surface area contributed by atoms with Gasteiger partial charge in [0.15, 0.2) is 0 Å². The number of benzene rings is 1. The summed E-state index contributed by atoms with van der Waals surface area (Å²) in [6, 6.07) is 7.09. The molecular weight excluding hydrogens is 268 g/mol. The third kappa shape index (κ3) is 2.31. The Bertz CT molecular complexity index is 892. The molecule has 1 aromatic carbocycles. The average molecular weight is 282 g/mol. The molecule has 0 radical (unpaired) electrons. The molecule has 2 aromatic heterocycles. The van der Waals surface area contributed by atoms with Crippen molar-refractivity contribution in [2.24, 2.45) is 14.1 Å². The van der Waals surface area contributed by atoms with Crippen LogP contribution >= 0.6 is 0 Å². The lowest BCUT2D eigenvalue weighted by Crippen LogP contribution is -2.21. The Hall–Kier alpha value is -2.89. The summed E-state index contributed by atoms with van der Waals surface area (Å²) < 4.78 is 3.02. The predicted octanol–water partition coefficient (Wildman–Crippen LogP) is 1.52. The number of fused-ring (bicyclic) bond motifs is 1. The number of anilines is 1. The van der Waals surface area contributed by atoms with Gasteiger partial charge in [0.25, 0.3) is 11.5 Å². The van der Waals surface area contributed by atoms with E-state index in [1.807, 2.05) is 6.07 Å². The molecule has 0 aliphatic carbocycles. The highest BCUT2D eigenvalue weighted by Gasteiger charge is 2.14. The van der Waals surface area contributed by atoms with Gasteiger partial charge in [-0.25, -0.2) is 0 Å². The molecule has 106 valence electrons. The molecule has 1 N–H and O–H groups in total. The Kier molecular flexibility index (Phi) is 3.06. The van der Waals surface area contributed by atoms with E-state index in [1.165, 1.54) is 4.57 Å². The molecule has 2 heterocycles. The lowest BCUT2D eigenvalue weighted by atomic mass is 10.1. The molecule has 0 bridgehead atoms. The summed E-state index contributed by atoms with van der Waals surface area (Å²) in [4.78, 5) is 24.5. The van der Waals surface area contributed by atoms with E-state index in [4.69, 9.17) is 0 Å². The Morgan fingerprint density at radius 2 is 1.86 bits per heavy atom. The SMILES string of the molecule is Cn1cc(NC(=O)c2cn(C)c(=O)c3ccccc23)cn1. The van der Waals surface area contributed by atoms with Crippen LogP contribution in [0.15, 0.2) is 47.7 Å². The van der Waals surface area contributed by atoms with E-state index in [-0.39, 0.29) is 11.5 Å². The molecular formula is C15H14N4O2. The fraction of sp³-hybridized carbons (Fsp3) is 0.133. The van der Waals surface area contributed by atoms with Crippen LogP contribution in [-0.4, -0.2) is 20.3 Å². The highest BCUT2D eigenvalue weighted by atomic mass is 16.2. The van der Waals surface area contributed by atoms with Gasteiger partial charge in [0.2, 0.25) is 0 Å². The monoisotopic (exact) mass is 282 g/mol. The molecule has 0 saturated heterocycles. The van der Waals surface area contributed by atoms with Gasteiger partial charge in [-0.1, -0.05) is 18.2 Å². The molecule has 6 nitrogen and oxygen atoms in total. The van der Waals surface area contributed by atoms with Crippen LogP contribution in [0.3, 0.4) is 0 Å². The van der Waals surface area contributed by atoms with Crippen LogP contribution in [0.25, 0.3) is 10.8 Å². The van der Waals surface area contributed by atoms with Crippen LogP contribution in [0.5, 0.6) is 0 Å². The number of aryl methyl sites for hydroxylation is 2. The number of aromatic nitrogens is 3. The van der Waals surface area contributed by atoms with E-state index >= 15 is 0 Å². The number of hydrogen-bond donors (Lipinski definition) is 1. The van der Waals surface area contributed by atoms with Gasteiger partial charge in [-0.05, 0) is 6.07 Å². The van der Waals surface area contributed by atoms with Crippen LogP contribution in [0.2, 0.25) is 0 Å². The summed E-state index contributed by atoms with van der Waals surface area (Å²) in [7, 11) is 3.41. The number of carbonyl (C=O) groups excluding carboxylic acids is 1. The predicted molar refractivity (Wildman–Crippen MR) is 80.4 cm³/mol. The first-order valence-electron chi connectivity index (χ1n) is 6.44. The summed E-state index contributed by atoms with van der Waals surface area (Å²) in [5.74, 6) is -0.269. The second-order valence-corrected chi connectivity index (χ2v) is 4.86. The third-order valence-corrected chi connectivity index (χ3v) is 3.30. The van der Waals surface area contributed by atoms with E-state index in [0.29, 0.717) is 22.0 Å². The van der Waals surface area contributed by atoms with Crippen molar-refractivity contribution in [2.45, 2.75) is 0 Å². The second-order valence-electron chi connectivity index (χ2n) is 4.86. The smallest absolute Gasteiger partial charge is 0.258 e. The van der Waals surface area contributed by atoms with Gasteiger partial charge in [-0.2, -0.15) is 5.10 Å². The number of nitrogens with zero attached hydrogens (tertiary/aromatic N) is 3. The lowest BCUT2D eigenvalue weighted by Gasteiger charge is -2.09. The van der Waals surface area contributed by atoms with Crippen molar-refractivity contribution < 1.29 is 4.79 Å². The van der Waals surface area contributed by atoms with Crippen molar-refractivity contribution in [3.8, 4) is 0 Å². The van der Waals surface area contributed by atoms with E-state index in [1.54, 1.807) is 55.6 Å². The zero-order valence-corrected chi connectivity index (χ0v) is 11.7. The van der Waals surface area contributed by atoms with Crippen LogP contribution in [0.1, 0.15) is 10.4 Å². The first-order chi connectivity index (χ1) is 10.1. The summed E-state index contributed by atoms with van der Waals surface area (Å²) in [5.41, 5.74) is 0.945. The van der Waals surface area contributed by atoms with E-state index < -0.39 is 0 Å². The van der Waals surface area contributed by atoms with Crippen molar-refractivity contribution in [1.29, 1.82) is 0 Å². The quantitative estimate of drug-likeness (QED) is 0.775. The van der Waals surface area contributed by atoms with Gasteiger partial charge in [0, 0.05) is 37.3 Å². The van der Waals surface area contributed by atoms with Crippen molar-refractivity contribution in [3.63, 3.8) is 0 Å². The van der Waals surface area contributed by atoms with Crippen molar-refractivity contribution in [3.05, 3.63) is 58.8 Å². The maximum absolute atomic E-state index is 12.4. The molecule has 0 atom stereocenters. The highest BCUT2D eigenvalue weighted by molar-refractivity contribution is 6.12. The number of nitrogens with one attached hydrogen (secondary N) is 1. The molecule has 0 unspecified atom stereocenters. The van der Waals surface area contributed by atoms with Crippen molar-refractivity contribution >= 4 is 22.4 Å². The number of carbonyl (C=O) groups is 1. The Morgan fingerprint density at radius 1 is 1.14 bits per heavy atom. The normalized spacial score (nSPS) is 10.8. The number of hydrogen-bond acceptors (Lipinski definition) is 3. The lowest BCUT2D eigenvalue weighted by molar-refractivity contribution is 0.102. The van der Waals surface area contributed by atoms with Crippen LogP contribution in [0.4, 0.5) is 5.69 Å². The van der Waals surface area contributed by atoms with Crippen LogP contribution < -0.4 is 10.9 Å². The third-order valence-electron chi connectivity index (χ3n) is 3.30. The molecule has 3 rings (SSSR count). The van der Waals surface area contributed by atoms with E-state index in [2.05, 4.69) is 10.4 Å². The zero-order chi connectivity index (χ0) is 15.0. The molecule has 21 heavy (non-hydrogen) atoms. The Morgan fingerprint density at radius 3 is 2.52 bits per heavy atom. The molecule has 0 saturated carbocycles. The van der Waals surface area contributed by atoms with E-state index in [9.17, 15) is 9.59 Å². The molecule has 0 spiro atoms. The fourth-order valence-electron chi connectivity index (χ4n) is 2.28. The fourth-order valence-corrected chi connectivity index (χ4v) is 2.28. The van der Waals surface area contributed by atoms with Crippen molar-refractivity contribution in [2.75, 3.05) is 5.32 Å². The molecule has 0 aliphatic rings. The summed E-state index contributed by atoms with van der Waals surface area (Å²) in [5, 5.41) is 7.95. The molecule has 3 aromatic rings. The number of pyridine rings is 1. The first kappa shape index (κ1) is 13.1. The minimum atomic E-state index is -0.269. The minimum absolute atomic E-state index is 0.122.